The molecule has 0 amide bonds. The zero-order valence-electron chi connectivity index (χ0n) is 10.4. The van der Waals surface area contributed by atoms with Crippen molar-refractivity contribution < 1.29 is 4.43 Å². The Morgan fingerprint density at radius 1 is 1.19 bits per heavy atom. The van der Waals surface area contributed by atoms with Gasteiger partial charge in [-0.1, -0.05) is 71.5 Å². The van der Waals surface area contributed by atoms with Gasteiger partial charge in [0.15, 0.2) is 12.1 Å². The van der Waals surface area contributed by atoms with E-state index in [1.807, 2.05) is 0 Å². The maximum Gasteiger partial charge on any atom is 0.192 e. The summed E-state index contributed by atoms with van der Waals surface area (Å²) in [6.07, 6.45) is 0.451. The predicted molar refractivity (Wildman–Crippen MR) is 80.8 cm³/mol. The van der Waals surface area contributed by atoms with Crippen LogP contribution < -0.4 is 0 Å². The molecule has 0 heterocycles. The van der Waals surface area contributed by atoms with Crippen molar-refractivity contribution in [3.05, 3.63) is 0 Å². The monoisotopic (exact) mass is 368 g/mol. The van der Waals surface area contributed by atoms with Crippen LogP contribution in [0.1, 0.15) is 27.2 Å². The van der Waals surface area contributed by atoms with E-state index < -0.39 is 12.1 Å². The van der Waals surface area contributed by atoms with E-state index in [1.165, 1.54) is 0 Å². The highest BCUT2D eigenvalue weighted by atomic mass is 79.9. The van der Waals surface area contributed by atoms with E-state index in [9.17, 15) is 0 Å². The van der Waals surface area contributed by atoms with Gasteiger partial charge in [0.1, 0.15) is 0 Å². The van der Waals surface area contributed by atoms with Gasteiger partial charge in [-0.05, 0) is 18.1 Å². The van der Waals surface area contributed by atoms with Crippen LogP contribution >= 0.6 is 50.7 Å². The lowest BCUT2D eigenvalue weighted by Crippen LogP contribution is -2.42. The first-order valence-corrected chi connectivity index (χ1v) is 10.2. The van der Waals surface area contributed by atoms with Gasteiger partial charge >= 0.3 is 0 Å². The van der Waals surface area contributed by atoms with Crippen molar-refractivity contribution in [3.8, 4) is 0 Å². The van der Waals surface area contributed by atoms with Crippen molar-refractivity contribution >= 4 is 59.1 Å². The fraction of sp³-hybridized carbons (Fsp3) is 1.00. The third-order valence-corrected chi connectivity index (χ3v) is 8.44. The van der Waals surface area contributed by atoms with Crippen LogP contribution in [0.3, 0.4) is 0 Å². The van der Waals surface area contributed by atoms with E-state index in [0.717, 1.165) is 0 Å². The first-order chi connectivity index (χ1) is 6.85. The summed E-state index contributed by atoms with van der Waals surface area (Å²) in [4.78, 5) is 0.0779. The zero-order valence-corrected chi connectivity index (χ0v) is 15.3. The van der Waals surface area contributed by atoms with E-state index in [4.69, 9.17) is 39.2 Å². The van der Waals surface area contributed by atoms with Crippen LogP contribution in [0.25, 0.3) is 0 Å². The van der Waals surface area contributed by atoms with Crippen LogP contribution in [0, 0.1) is 0 Å². The summed E-state index contributed by atoms with van der Waals surface area (Å²) >= 11 is 20.7. The van der Waals surface area contributed by atoms with Gasteiger partial charge in [-0.2, -0.15) is 0 Å². The Labute approximate surface area is 123 Å². The summed E-state index contributed by atoms with van der Waals surface area (Å²) in [7, 11) is -1.70. The van der Waals surface area contributed by atoms with Crippen molar-refractivity contribution in [1.29, 1.82) is 0 Å². The molecule has 0 fully saturated rings. The molecule has 98 valence electrons. The van der Waals surface area contributed by atoms with E-state index in [1.54, 1.807) is 0 Å². The van der Waals surface area contributed by atoms with Gasteiger partial charge in [0.05, 0.1) is 0 Å². The second-order valence-corrected chi connectivity index (χ2v) is 14.1. The molecule has 0 aromatic carbocycles. The molecule has 1 nitrogen and oxygen atoms in total. The topological polar surface area (TPSA) is 9.23 Å². The maximum atomic E-state index is 6.02. The van der Waals surface area contributed by atoms with Crippen molar-refractivity contribution in [3.63, 3.8) is 0 Å². The normalized spacial score (nSPS) is 16.3. The second kappa shape index (κ2) is 6.11. The van der Waals surface area contributed by atoms with Crippen LogP contribution in [0.2, 0.25) is 18.1 Å². The van der Waals surface area contributed by atoms with Crippen LogP contribution in [-0.2, 0) is 4.43 Å². The average Bonchev–Trinajstić information content (AvgIpc) is 1.95. The van der Waals surface area contributed by atoms with Gasteiger partial charge < -0.3 is 4.43 Å². The Balaban J connectivity index is 4.16. The van der Waals surface area contributed by atoms with Gasteiger partial charge in [0.25, 0.3) is 0 Å². The lowest BCUT2D eigenvalue weighted by atomic mass is 10.2. The summed E-state index contributed by atoms with van der Waals surface area (Å²) in [6.45, 7) is 11.6. The molecular weight excluding hydrogens is 350 g/mol. The summed E-state index contributed by atoms with van der Waals surface area (Å²) in [5.41, 5.74) is 0. The van der Waals surface area contributed by atoms with Gasteiger partial charge in [-0.3, -0.25) is 0 Å². The number of halogens is 4. The molecule has 0 aliphatic heterocycles. The fourth-order valence-corrected chi connectivity index (χ4v) is 3.86. The largest absolute Gasteiger partial charge is 0.416 e. The second-order valence-electron chi connectivity index (χ2n) is 5.49. The quantitative estimate of drug-likeness (QED) is 0.467. The zero-order chi connectivity index (χ0) is 13.2. The van der Waals surface area contributed by atoms with Gasteiger partial charge in [-0.15, -0.1) is 0 Å². The molecule has 0 aromatic rings. The third-order valence-electron chi connectivity index (χ3n) is 2.88. The van der Waals surface area contributed by atoms with Crippen LogP contribution in [0.15, 0.2) is 0 Å². The minimum absolute atomic E-state index is 0.0779. The van der Waals surface area contributed by atoms with E-state index in [0.29, 0.717) is 13.0 Å². The van der Waals surface area contributed by atoms with E-state index in [-0.39, 0.29) is 9.87 Å². The SMILES string of the molecule is CC(C)(C)[Si](C)(C)OCC(Br)CC(Cl)(Cl)Cl. The molecule has 0 rings (SSSR count). The third kappa shape index (κ3) is 7.07. The smallest absolute Gasteiger partial charge is 0.192 e. The lowest BCUT2D eigenvalue weighted by Gasteiger charge is -2.37. The molecule has 1 unspecified atom stereocenters. The van der Waals surface area contributed by atoms with Crippen LogP contribution in [0.5, 0.6) is 0 Å². The maximum absolute atomic E-state index is 6.02. The van der Waals surface area contributed by atoms with Gasteiger partial charge in [0.2, 0.25) is 0 Å². The molecule has 0 saturated heterocycles. The number of hydrogen-bond acceptors (Lipinski definition) is 1. The molecule has 1 atom stereocenters. The highest BCUT2D eigenvalue weighted by molar-refractivity contribution is 9.09. The lowest BCUT2D eigenvalue weighted by molar-refractivity contribution is 0.286. The predicted octanol–water partition coefficient (Wildman–Crippen LogP) is 5.53. The number of hydrogen-bond donors (Lipinski definition) is 0. The highest BCUT2D eigenvalue weighted by Crippen LogP contribution is 2.38. The molecule has 0 radical (unpaired) electrons. The minimum atomic E-state index is -1.70. The fourth-order valence-electron chi connectivity index (χ4n) is 0.825. The Bertz CT molecular complexity index is 223. The Kier molecular flexibility index (Phi) is 6.70. The summed E-state index contributed by atoms with van der Waals surface area (Å²) in [5.74, 6) is 0. The molecule has 0 aromatic heterocycles. The van der Waals surface area contributed by atoms with Crippen LogP contribution in [-0.4, -0.2) is 23.5 Å². The number of rotatable bonds is 4. The average molecular weight is 371 g/mol. The Hall–Kier alpha value is 1.53. The first kappa shape index (κ1) is 17.5. The van der Waals surface area contributed by atoms with Crippen molar-refractivity contribution in [2.24, 2.45) is 0 Å². The summed E-state index contributed by atoms with van der Waals surface area (Å²) < 4.78 is 4.80. The molecule has 16 heavy (non-hydrogen) atoms. The Morgan fingerprint density at radius 3 is 1.94 bits per heavy atom. The molecular formula is C10H20BrCl3OSi. The van der Waals surface area contributed by atoms with Crippen molar-refractivity contribution in [1.82, 2.24) is 0 Å². The highest BCUT2D eigenvalue weighted by Gasteiger charge is 2.37. The molecule has 0 N–H and O–H groups in total. The minimum Gasteiger partial charge on any atom is -0.416 e. The Morgan fingerprint density at radius 2 is 1.62 bits per heavy atom. The van der Waals surface area contributed by atoms with E-state index >= 15 is 0 Å². The molecule has 0 bridgehead atoms. The molecule has 0 spiro atoms. The van der Waals surface area contributed by atoms with Gasteiger partial charge in [-0.25, -0.2) is 0 Å². The standard InChI is InChI=1S/C10H20BrCl3OSi/c1-9(2,3)16(4,5)15-7-8(11)6-10(12,13)14/h8H,6-7H2,1-5H3. The van der Waals surface area contributed by atoms with E-state index in [2.05, 4.69) is 49.8 Å². The van der Waals surface area contributed by atoms with Crippen molar-refractivity contribution in [2.75, 3.05) is 6.61 Å². The number of alkyl halides is 4. The molecule has 0 aliphatic carbocycles. The molecule has 0 saturated carbocycles. The molecule has 0 aliphatic rings. The summed E-state index contributed by atoms with van der Waals surface area (Å²) in [6, 6.07) is 0. The van der Waals surface area contributed by atoms with Gasteiger partial charge in [0, 0.05) is 17.9 Å². The first-order valence-electron chi connectivity index (χ1n) is 5.20. The molecule has 6 heteroatoms. The summed E-state index contributed by atoms with van der Waals surface area (Å²) in [5, 5.41) is 0.208. The van der Waals surface area contributed by atoms with Crippen LogP contribution in [0.4, 0.5) is 0 Å². The van der Waals surface area contributed by atoms with Crippen molar-refractivity contribution in [2.45, 2.75) is 53.9 Å².